The molecule has 1 heterocycles. The minimum absolute atomic E-state index is 0.849. The van der Waals surface area contributed by atoms with Crippen LogP contribution in [0.5, 0.6) is 0 Å². The molecule has 0 spiro atoms. The fourth-order valence-electron chi connectivity index (χ4n) is 1.90. The molecular weight excluding hydrogens is 240 g/mol. The van der Waals surface area contributed by atoms with Gasteiger partial charge in [0.25, 0.3) is 0 Å². The van der Waals surface area contributed by atoms with Crippen molar-refractivity contribution in [2.75, 3.05) is 18.8 Å². The molecule has 0 aromatic heterocycles. The summed E-state index contributed by atoms with van der Waals surface area (Å²) < 4.78 is 1.17. The molecule has 1 saturated heterocycles. The second-order valence-electron chi connectivity index (χ2n) is 3.83. The normalized spacial score (nSPS) is 17.5. The van der Waals surface area contributed by atoms with Crippen molar-refractivity contribution in [3.8, 4) is 0 Å². The Kier molecular flexibility index (Phi) is 3.08. The lowest BCUT2D eigenvalue weighted by atomic mass is 10.2. The van der Waals surface area contributed by atoms with Crippen LogP contribution in [0.4, 0.5) is 5.69 Å². The van der Waals surface area contributed by atoms with E-state index in [9.17, 15) is 0 Å². The minimum atomic E-state index is 0.849. The zero-order valence-electron chi connectivity index (χ0n) is 8.17. The van der Waals surface area contributed by atoms with Crippen LogP contribution in [0.25, 0.3) is 0 Å². The van der Waals surface area contributed by atoms with Crippen LogP contribution in [-0.2, 0) is 6.54 Å². The molecular formula is C11H15BrN2. The number of rotatable bonds is 2. The molecule has 1 aliphatic rings. The van der Waals surface area contributed by atoms with Crippen molar-refractivity contribution < 1.29 is 0 Å². The fraction of sp³-hybridized carbons (Fsp3) is 0.455. The zero-order chi connectivity index (χ0) is 9.97. The van der Waals surface area contributed by atoms with Gasteiger partial charge in [0.05, 0.1) is 0 Å². The predicted molar refractivity (Wildman–Crippen MR) is 63.1 cm³/mol. The maximum Gasteiger partial charge on any atom is 0.0318 e. The highest BCUT2D eigenvalue weighted by molar-refractivity contribution is 9.10. The minimum Gasteiger partial charge on any atom is -0.399 e. The predicted octanol–water partition coefficient (Wildman–Crippen LogP) is 2.63. The highest BCUT2D eigenvalue weighted by Gasteiger charge is 2.12. The van der Waals surface area contributed by atoms with Crippen molar-refractivity contribution >= 4 is 21.6 Å². The van der Waals surface area contributed by atoms with E-state index in [2.05, 4.69) is 26.9 Å². The van der Waals surface area contributed by atoms with Crippen molar-refractivity contribution in [2.45, 2.75) is 19.4 Å². The van der Waals surface area contributed by atoms with Crippen LogP contribution in [0.1, 0.15) is 18.4 Å². The van der Waals surface area contributed by atoms with Crippen LogP contribution in [0.15, 0.2) is 22.7 Å². The Morgan fingerprint density at radius 2 is 2.00 bits per heavy atom. The van der Waals surface area contributed by atoms with Gasteiger partial charge in [0.2, 0.25) is 0 Å². The van der Waals surface area contributed by atoms with Crippen molar-refractivity contribution in [2.24, 2.45) is 0 Å². The molecule has 1 aromatic rings. The van der Waals surface area contributed by atoms with Crippen LogP contribution >= 0.6 is 15.9 Å². The van der Waals surface area contributed by atoms with E-state index >= 15 is 0 Å². The number of anilines is 1. The Bertz CT molecular complexity index is 319. The summed E-state index contributed by atoms with van der Waals surface area (Å²) in [6.45, 7) is 3.47. The highest BCUT2D eigenvalue weighted by atomic mass is 79.9. The quantitative estimate of drug-likeness (QED) is 0.823. The number of benzene rings is 1. The third kappa shape index (κ3) is 2.28. The molecule has 2 nitrogen and oxygen atoms in total. The van der Waals surface area contributed by atoms with Gasteiger partial charge in [-0.25, -0.2) is 0 Å². The number of nitrogens with zero attached hydrogens (tertiary/aromatic N) is 1. The SMILES string of the molecule is Nc1ccc(Br)c(CN2CCCC2)c1. The Morgan fingerprint density at radius 1 is 1.29 bits per heavy atom. The van der Waals surface area contributed by atoms with E-state index in [0.717, 1.165) is 12.2 Å². The molecule has 2 rings (SSSR count). The summed E-state index contributed by atoms with van der Waals surface area (Å²) in [6, 6.07) is 6.01. The van der Waals surface area contributed by atoms with Crippen LogP contribution in [0.2, 0.25) is 0 Å². The maximum atomic E-state index is 5.76. The monoisotopic (exact) mass is 254 g/mol. The molecule has 14 heavy (non-hydrogen) atoms. The summed E-state index contributed by atoms with van der Waals surface area (Å²) in [4.78, 5) is 2.47. The highest BCUT2D eigenvalue weighted by Crippen LogP contribution is 2.22. The van der Waals surface area contributed by atoms with Crippen LogP contribution in [0.3, 0.4) is 0 Å². The summed E-state index contributed by atoms with van der Waals surface area (Å²) >= 11 is 3.56. The first-order valence-electron chi connectivity index (χ1n) is 5.02. The largest absolute Gasteiger partial charge is 0.399 e. The number of hydrogen-bond acceptors (Lipinski definition) is 2. The van der Waals surface area contributed by atoms with Gasteiger partial charge < -0.3 is 5.73 Å². The third-order valence-corrected chi connectivity index (χ3v) is 3.44. The van der Waals surface area contributed by atoms with Gasteiger partial charge >= 0.3 is 0 Å². The van der Waals surface area contributed by atoms with E-state index < -0.39 is 0 Å². The molecule has 0 aliphatic carbocycles. The van der Waals surface area contributed by atoms with Gasteiger partial charge in [0.15, 0.2) is 0 Å². The van der Waals surface area contributed by atoms with E-state index in [1.54, 1.807) is 0 Å². The van der Waals surface area contributed by atoms with E-state index in [-0.39, 0.29) is 0 Å². The first-order chi connectivity index (χ1) is 6.75. The molecule has 76 valence electrons. The summed E-state index contributed by atoms with van der Waals surface area (Å²) in [5.74, 6) is 0. The van der Waals surface area contributed by atoms with Gasteiger partial charge in [0, 0.05) is 16.7 Å². The third-order valence-electron chi connectivity index (χ3n) is 2.66. The van der Waals surface area contributed by atoms with Gasteiger partial charge in [-0.3, -0.25) is 4.90 Å². The summed E-state index contributed by atoms with van der Waals surface area (Å²) in [7, 11) is 0. The molecule has 3 heteroatoms. The average molecular weight is 255 g/mol. The molecule has 0 radical (unpaired) electrons. The Labute approximate surface area is 93.2 Å². The van der Waals surface area contributed by atoms with Crippen molar-refractivity contribution in [1.29, 1.82) is 0 Å². The van der Waals surface area contributed by atoms with Gasteiger partial charge in [-0.1, -0.05) is 15.9 Å². The van der Waals surface area contributed by atoms with Gasteiger partial charge in [0.1, 0.15) is 0 Å². The molecule has 1 aliphatic heterocycles. The van der Waals surface area contributed by atoms with Crippen LogP contribution < -0.4 is 5.73 Å². The smallest absolute Gasteiger partial charge is 0.0318 e. The van der Waals surface area contributed by atoms with E-state index in [1.165, 1.54) is 36.0 Å². The van der Waals surface area contributed by atoms with Crippen molar-refractivity contribution in [3.05, 3.63) is 28.2 Å². The Morgan fingerprint density at radius 3 is 2.71 bits per heavy atom. The number of halogens is 1. The molecule has 0 bridgehead atoms. The van der Waals surface area contributed by atoms with Crippen LogP contribution in [-0.4, -0.2) is 18.0 Å². The van der Waals surface area contributed by atoms with Gasteiger partial charge in [-0.05, 0) is 49.7 Å². The van der Waals surface area contributed by atoms with Gasteiger partial charge in [-0.2, -0.15) is 0 Å². The van der Waals surface area contributed by atoms with Crippen LogP contribution in [0, 0.1) is 0 Å². The summed E-state index contributed by atoms with van der Waals surface area (Å²) in [6.07, 6.45) is 2.67. The lowest BCUT2D eigenvalue weighted by molar-refractivity contribution is 0.331. The van der Waals surface area contributed by atoms with E-state index in [0.29, 0.717) is 0 Å². The summed E-state index contributed by atoms with van der Waals surface area (Å²) in [5, 5.41) is 0. The lowest BCUT2D eigenvalue weighted by Crippen LogP contribution is -2.18. The first kappa shape index (κ1) is 9.99. The van der Waals surface area contributed by atoms with E-state index in [1.807, 2.05) is 12.1 Å². The number of likely N-dealkylation sites (tertiary alicyclic amines) is 1. The average Bonchev–Trinajstić information content (AvgIpc) is 2.64. The maximum absolute atomic E-state index is 5.76. The van der Waals surface area contributed by atoms with Crippen molar-refractivity contribution in [3.63, 3.8) is 0 Å². The second-order valence-corrected chi connectivity index (χ2v) is 4.69. The molecule has 0 saturated carbocycles. The fourth-order valence-corrected chi connectivity index (χ4v) is 2.27. The van der Waals surface area contributed by atoms with Crippen molar-refractivity contribution in [1.82, 2.24) is 4.90 Å². The topological polar surface area (TPSA) is 29.3 Å². The standard InChI is InChI=1S/C11H15BrN2/c12-11-4-3-10(13)7-9(11)8-14-5-1-2-6-14/h3-4,7H,1-2,5-6,8,13H2. The molecule has 2 N–H and O–H groups in total. The first-order valence-corrected chi connectivity index (χ1v) is 5.81. The number of nitrogens with two attached hydrogens (primary N) is 1. The molecule has 1 fully saturated rings. The molecule has 0 amide bonds. The van der Waals surface area contributed by atoms with Gasteiger partial charge in [-0.15, -0.1) is 0 Å². The Hall–Kier alpha value is -0.540. The summed E-state index contributed by atoms with van der Waals surface area (Å²) in [5.41, 5.74) is 7.91. The molecule has 1 aromatic carbocycles. The molecule has 0 unspecified atom stereocenters. The number of nitrogen functional groups attached to an aromatic ring is 1. The number of hydrogen-bond donors (Lipinski definition) is 1. The Balaban J connectivity index is 2.10. The zero-order valence-corrected chi connectivity index (χ0v) is 9.76. The lowest BCUT2D eigenvalue weighted by Gasteiger charge is -2.15. The van der Waals surface area contributed by atoms with E-state index in [4.69, 9.17) is 5.73 Å². The second kappa shape index (κ2) is 4.32. The molecule has 0 atom stereocenters.